The number of halogens is 2. The molecule has 0 saturated carbocycles. The van der Waals surface area contributed by atoms with Crippen molar-refractivity contribution in [2.24, 2.45) is 0 Å². The number of rotatable bonds is 3. The summed E-state index contributed by atoms with van der Waals surface area (Å²) in [5.74, 6) is 0.0316. The number of phenols is 1. The van der Waals surface area contributed by atoms with Gasteiger partial charge in [0.2, 0.25) is 0 Å². The lowest BCUT2D eigenvalue weighted by Gasteiger charge is -2.13. The monoisotopic (exact) mass is 324 g/mol. The Kier molecular flexibility index (Phi) is 4.37. The van der Waals surface area contributed by atoms with Gasteiger partial charge in [-0.3, -0.25) is 0 Å². The summed E-state index contributed by atoms with van der Waals surface area (Å²) in [7, 11) is 0. The van der Waals surface area contributed by atoms with Crippen LogP contribution in [0.25, 0.3) is 0 Å². The van der Waals surface area contributed by atoms with Crippen LogP contribution in [0.5, 0.6) is 5.75 Å². The Morgan fingerprint density at radius 3 is 2.43 bits per heavy atom. The molecule has 0 spiro atoms. The third-order valence-electron chi connectivity index (χ3n) is 1.85. The minimum Gasteiger partial charge on any atom is -0.508 e. The van der Waals surface area contributed by atoms with E-state index in [0.717, 1.165) is 0 Å². The lowest BCUT2D eigenvalue weighted by Crippen LogP contribution is -2.05. The van der Waals surface area contributed by atoms with E-state index in [2.05, 4.69) is 31.9 Å². The molecule has 0 aliphatic heterocycles. The van der Waals surface area contributed by atoms with E-state index in [9.17, 15) is 10.2 Å². The maximum atomic E-state index is 9.65. The highest BCUT2D eigenvalue weighted by atomic mass is 79.9. The van der Waals surface area contributed by atoms with Gasteiger partial charge in [-0.05, 0) is 17.7 Å². The number of aliphatic hydroxyl groups excluding tert-OH is 2. The number of aliphatic hydroxyl groups is 2. The van der Waals surface area contributed by atoms with Gasteiger partial charge < -0.3 is 15.3 Å². The van der Waals surface area contributed by atoms with Gasteiger partial charge in [-0.2, -0.15) is 0 Å². The van der Waals surface area contributed by atoms with E-state index in [1.54, 1.807) is 12.1 Å². The van der Waals surface area contributed by atoms with Crippen molar-refractivity contribution < 1.29 is 15.3 Å². The molecule has 0 radical (unpaired) electrons. The number of hydrogen-bond donors (Lipinski definition) is 3. The van der Waals surface area contributed by atoms with E-state index in [0.29, 0.717) is 11.1 Å². The smallest absolute Gasteiger partial charge is 0.121 e. The van der Waals surface area contributed by atoms with Crippen molar-refractivity contribution in [1.82, 2.24) is 0 Å². The first-order chi connectivity index (χ1) is 6.56. The third-order valence-corrected chi connectivity index (χ3v) is 2.86. The number of aromatic hydroxyl groups is 1. The zero-order chi connectivity index (χ0) is 10.7. The van der Waals surface area contributed by atoms with E-state index in [4.69, 9.17) is 5.11 Å². The standard InChI is InChI=1S/C9H10Br2O3/c10-9(11)8(14)5-1-2-7(13)6(3-5)4-12/h1-3,8-9,12-14H,4H2. The molecular formula is C9H10Br2O3. The van der Waals surface area contributed by atoms with Crippen LogP contribution in [-0.4, -0.2) is 19.1 Å². The molecule has 5 heteroatoms. The molecule has 0 aliphatic rings. The van der Waals surface area contributed by atoms with Crippen LogP contribution in [0.1, 0.15) is 17.2 Å². The topological polar surface area (TPSA) is 60.7 Å². The van der Waals surface area contributed by atoms with Crippen LogP contribution < -0.4 is 0 Å². The predicted octanol–water partition coefficient (Wildman–Crippen LogP) is 2.03. The van der Waals surface area contributed by atoms with Crippen molar-refractivity contribution in [2.75, 3.05) is 0 Å². The average molecular weight is 326 g/mol. The Balaban J connectivity index is 3.00. The summed E-state index contributed by atoms with van der Waals surface area (Å²) in [6, 6.07) is 4.62. The predicted molar refractivity (Wildman–Crippen MR) is 60.6 cm³/mol. The van der Waals surface area contributed by atoms with Crippen LogP contribution >= 0.6 is 31.9 Å². The summed E-state index contributed by atoms with van der Waals surface area (Å²) in [5, 5.41) is 27.8. The Morgan fingerprint density at radius 2 is 1.93 bits per heavy atom. The largest absolute Gasteiger partial charge is 0.508 e. The van der Waals surface area contributed by atoms with Crippen molar-refractivity contribution in [3.05, 3.63) is 29.3 Å². The van der Waals surface area contributed by atoms with Gasteiger partial charge in [-0.1, -0.05) is 37.9 Å². The Bertz CT molecular complexity index is 315. The summed E-state index contributed by atoms with van der Waals surface area (Å²) in [6.45, 7) is -0.248. The summed E-state index contributed by atoms with van der Waals surface area (Å²) in [6.07, 6.45) is -0.721. The van der Waals surface area contributed by atoms with Crippen LogP contribution in [0.2, 0.25) is 0 Å². The Hall–Kier alpha value is -0.100. The first kappa shape index (κ1) is 12.0. The molecule has 14 heavy (non-hydrogen) atoms. The van der Waals surface area contributed by atoms with Gasteiger partial charge in [0.15, 0.2) is 0 Å². The highest BCUT2D eigenvalue weighted by Crippen LogP contribution is 2.29. The molecule has 0 fully saturated rings. The van der Waals surface area contributed by atoms with E-state index in [1.165, 1.54) is 6.07 Å². The first-order valence-electron chi connectivity index (χ1n) is 3.95. The van der Waals surface area contributed by atoms with E-state index < -0.39 is 6.10 Å². The molecule has 3 N–H and O–H groups in total. The molecule has 0 aliphatic carbocycles. The minimum atomic E-state index is -0.721. The van der Waals surface area contributed by atoms with E-state index >= 15 is 0 Å². The second-order valence-corrected chi connectivity index (χ2v) is 6.03. The lowest BCUT2D eigenvalue weighted by atomic mass is 10.1. The Labute approximate surface area is 98.6 Å². The fourth-order valence-electron chi connectivity index (χ4n) is 1.06. The van der Waals surface area contributed by atoms with Crippen molar-refractivity contribution in [1.29, 1.82) is 0 Å². The fourth-order valence-corrected chi connectivity index (χ4v) is 1.67. The molecule has 0 saturated heterocycles. The molecular weight excluding hydrogens is 316 g/mol. The second-order valence-electron chi connectivity index (χ2n) is 2.83. The number of benzene rings is 1. The van der Waals surface area contributed by atoms with Crippen LogP contribution in [0, 0.1) is 0 Å². The molecule has 78 valence electrons. The maximum absolute atomic E-state index is 9.65. The summed E-state index contributed by atoms with van der Waals surface area (Å²) in [5.41, 5.74) is 1.04. The zero-order valence-electron chi connectivity index (χ0n) is 7.19. The highest BCUT2D eigenvalue weighted by molar-refractivity contribution is 9.24. The van der Waals surface area contributed by atoms with Crippen LogP contribution in [0.15, 0.2) is 18.2 Å². The molecule has 3 nitrogen and oxygen atoms in total. The maximum Gasteiger partial charge on any atom is 0.121 e. The third kappa shape index (κ3) is 2.70. The van der Waals surface area contributed by atoms with Crippen molar-refractivity contribution in [3.63, 3.8) is 0 Å². The first-order valence-corrected chi connectivity index (χ1v) is 5.78. The minimum absolute atomic E-state index is 0.0316. The van der Waals surface area contributed by atoms with Gasteiger partial charge in [-0.25, -0.2) is 0 Å². The molecule has 1 atom stereocenters. The normalized spacial score (nSPS) is 13.2. The molecule has 0 aromatic heterocycles. The van der Waals surface area contributed by atoms with Gasteiger partial charge in [0.25, 0.3) is 0 Å². The molecule has 1 aromatic carbocycles. The van der Waals surface area contributed by atoms with Crippen molar-refractivity contribution >= 4 is 31.9 Å². The Morgan fingerprint density at radius 1 is 1.29 bits per heavy atom. The summed E-state index contributed by atoms with van der Waals surface area (Å²) in [4.78, 5) is 0. The SMILES string of the molecule is OCc1cc(C(O)C(Br)Br)ccc1O. The quantitative estimate of drug-likeness (QED) is 0.745. The van der Waals surface area contributed by atoms with Crippen molar-refractivity contribution in [2.45, 2.75) is 16.4 Å². The molecule has 0 heterocycles. The van der Waals surface area contributed by atoms with Crippen LogP contribution in [0.3, 0.4) is 0 Å². The average Bonchev–Trinajstić information content (AvgIpc) is 2.17. The lowest BCUT2D eigenvalue weighted by molar-refractivity contribution is 0.198. The van der Waals surface area contributed by atoms with Gasteiger partial charge in [-0.15, -0.1) is 0 Å². The van der Waals surface area contributed by atoms with Gasteiger partial charge in [0.1, 0.15) is 11.9 Å². The zero-order valence-corrected chi connectivity index (χ0v) is 10.4. The molecule has 1 aromatic rings. The van der Waals surface area contributed by atoms with Crippen LogP contribution in [-0.2, 0) is 6.61 Å². The number of hydrogen-bond acceptors (Lipinski definition) is 3. The van der Waals surface area contributed by atoms with Gasteiger partial charge in [0, 0.05) is 5.56 Å². The van der Waals surface area contributed by atoms with E-state index in [1.807, 2.05) is 0 Å². The number of alkyl halides is 2. The molecule has 1 unspecified atom stereocenters. The molecule has 0 bridgehead atoms. The summed E-state index contributed by atoms with van der Waals surface area (Å²) >= 11 is 6.37. The second kappa shape index (κ2) is 5.11. The van der Waals surface area contributed by atoms with Gasteiger partial charge in [0.05, 0.1) is 10.3 Å². The fraction of sp³-hybridized carbons (Fsp3) is 0.333. The van der Waals surface area contributed by atoms with Crippen molar-refractivity contribution in [3.8, 4) is 5.75 Å². The van der Waals surface area contributed by atoms with Crippen LogP contribution in [0.4, 0.5) is 0 Å². The summed E-state index contributed by atoms with van der Waals surface area (Å²) < 4.78 is -0.258. The van der Waals surface area contributed by atoms with Gasteiger partial charge >= 0.3 is 0 Å². The van der Waals surface area contributed by atoms with E-state index in [-0.39, 0.29) is 16.1 Å². The molecule has 0 amide bonds. The highest BCUT2D eigenvalue weighted by Gasteiger charge is 2.15. The molecule has 1 rings (SSSR count).